The first-order valence-electron chi connectivity index (χ1n) is 5.86. The maximum Gasteiger partial charge on any atom is 0.272 e. The highest BCUT2D eigenvalue weighted by Gasteiger charge is 2.48. The van der Waals surface area contributed by atoms with Gasteiger partial charge in [0.25, 0.3) is 11.8 Å². The summed E-state index contributed by atoms with van der Waals surface area (Å²) in [6, 6.07) is -2.00. The van der Waals surface area contributed by atoms with Crippen LogP contribution < -0.4 is 0 Å². The minimum Gasteiger partial charge on any atom is -0.285 e. The smallest absolute Gasteiger partial charge is 0.272 e. The first-order chi connectivity index (χ1) is 7.82. The minimum absolute atomic E-state index is 0.209. The number of hydrogen-bond acceptors (Lipinski definition) is 4. The Bertz CT molecular complexity index is 319. The number of hydrogen-bond donors (Lipinski definition) is 2. The van der Waals surface area contributed by atoms with E-state index in [2.05, 4.69) is 0 Å². The monoisotopic (exact) mass is 244 g/mol. The van der Waals surface area contributed by atoms with E-state index in [-0.39, 0.29) is 11.8 Å². The first-order valence-corrected chi connectivity index (χ1v) is 5.86. The predicted octanol–water partition coefficient (Wildman–Crippen LogP) is 0.875. The van der Waals surface area contributed by atoms with Gasteiger partial charge in [-0.05, 0) is 11.8 Å². The van der Waals surface area contributed by atoms with Crippen molar-refractivity contribution < 1.29 is 20.0 Å². The third-order valence-corrected chi connectivity index (χ3v) is 3.30. The van der Waals surface area contributed by atoms with E-state index in [1.807, 2.05) is 6.92 Å². The molecule has 98 valence electrons. The third kappa shape index (κ3) is 2.28. The van der Waals surface area contributed by atoms with Crippen molar-refractivity contribution in [2.75, 3.05) is 0 Å². The average molecular weight is 244 g/mol. The number of carbonyl (C=O) groups is 2. The maximum absolute atomic E-state index is 11.9. The molecule has 0 radical (unpaired) electrons. The van der Waals surface area contributed by atoms with Gasteiger partial charge >= 0.3 is 0 Å². The quantitative estimate of drug-likeness (QED) is 0.722. The van der Waals surface area contributed by atoms with Crippen LogP contribution in [0.5, 0.6) is 0 Å². The Morgan fingerprint density at radius 2 is 1.47 bits per heavy atom. The Balaban J connectivity index is 3.03. The molecule has 0 bridgehead atoms. The van der Waals surface area contributed by atoms with E-state index in [1.54, 1.807) is 20.8 Å². The molecule has 1 aliphatic rings. The lowest BCUT2D eigenvalue weighted by molar-refractivity contribution is -0.237. The largest absolute Gasteiger partial charge is 0.285 e. The molecule has 1 aliphatic heterocycles. The summed E-state index contributed by atoms with van der Waals surface area (Å²) in [5.74, 6) is -1.73. The molecule has 0 aromatic heterocycles. The van der Waals surface area contributed by atoms with Crippen molar-refractivity contribution in [2.45, 2.75) is 46.2 Å². The normalized spacial score (nSPS) is 27.9. The summed E-state index contributed by atoms with van der Waals surface area (Å²) in [5, 5.41) is 20.5. The molecule has 1 saturated heterocycles. The number of hydroxylamine groups is 4. The van der Waals surface area contributed by atoms with Crippen molar-refractivity contribution in [2.24, 2.45) is 11.8 Å². The van der Waals surface area contributed by atoms with Crippen LogP contribution in [0, 0.1) is 11.8 Å². The summed E-state index contributed by atoms with van der Waals surface area (Å²) in [7, 11) is 0. The Kier molecular flexibility index (Phi) is 4.11. The van der Waals surface area contributed by atoms with Crippen molar-refractivity contribution in [1.29, 1.82) is 0 Å². The van der Waals surface area contributed by atoms with Gasteiger partial charge < -0.3 is 0 Å². The van der Waals surface area contributed by atoms with Gasteiger partial charge in [0, 0.05) is 0 Å². The van der Waals surface area contributed by atoms with Crippen molar-refractivity contribution in [3.8, 4) is 0 Å². The van der Waals surface area contributed by atoms with E-state index in [9.17, 15) is 20.0 Å². The molecule has 0 unspecified atom stereocenters. The van der Waals surface area contributed by atoms with Gasteiger partial charge in [0.05, 0.1) is 0 Å². The molecule has 0 saturated carbocycles. The molecule has 2 N–H and O–H groups in total. The maximum atomic E-state index is 11.9. The molecule has 1 rings (SSSR count). The lowest BCUT2D eigenvalue weighted by Gasteiger charge is -2.42. The van der Waals surface area contributed by atoms with Gasteiger partial charge in [-0.1, -0.05) is 34.1 Å². The highest BCUT2D eigenvalue weighted by Crippen LogP contribution is 2.25. The number of piperazine rings is 1. The van der Waals surface area contributed by atoms with Crippen LogP contribution in [0.25, 0.3) is 0 Å². The first kappa shape index (κ1) is 13.9. The van der Waals surface area contributed by atoms with Gasteiger partial charge in [-0.2, -0.15) is 0 Å². The zero-order valence-corrected chi connectivity index (χ0v) is 10.6. The molecule has 1 fully saturated rings. The highest BCUT2D eigenvalue weighted by molar-refractivity contribution is 5.95. The summed E-state index contributed by atoms with van der Waals surface area (Å²) >= 11 is 0. The van der Waals surface area contributed by atoms with Gasteiger partial charge in [-0.15, -0.1) is 0 Å². The molecular weight excluding hydrogens is 224 g/mol. The Morgan fingerprint density at radius 3 is 1.88 bits per heavy atom. The SMILES string of the molecule is CC[C@@H](C)[C@H]1C(=O)N(O)[C@@H](C(C)C)C(=O)N1O. The summed E-state index contributed by atoms with van der Waals surface area (Å²) in [4.78, 5) is 23.8. The third-order valence-electron chi connectivity index (χ3n) is 3.30. The second kappa shape index (κ2) is 5.01. The average Bonchev–Trinajstić information content (AvgIpc) is 2.26. The van der Waals surface area contributed by atoms with Crippen LogP contribution in [0.3, 0.4) is 0 Å². The van der Waals surface area contributed by atoms with Crippen LogP contribution in [0.1, 0.15) is 34.1 Å². The van der Waals surface area contributed by atoms with Crippen LogP contribution in [0.15, 0.2) is 0 Å². The fraction of sp³-hybridized carbons (Fsp3) is 0.818. The van der Waals surface area contributed by atoms with Gasteiger partial charge in [0.1, 0.15) is 12.1 Å². The van der Waals surface area contributed by atoms with Crippen molar-refractivity contribution >= 4 is 11.8 Å². The molecule has 3 atom stereocenters. The Hall–Kier alpha value is -1.14. The topological polar surface area (TPSA) is 81.1 Å². The van der Waals surface area contributed by atoms with E-state index >= 15 is 0 Å². The summed E-state index contributed by atoms with van der Waals surface area (Å²) < 4.78 is 0. The van der Waals surface area contributed by atoms with Gasteiger partial charge in [0.2, 0.25) is 0 Å². The van der Waals surface area contributed by atoms with E-state index in [0.717, 1.165) is 0 Å². The fourth-order valence-corrected chi connectivity index (χ4v) is 2.03. The molecule has 6 nitrogen and oxygen atoms in total. The summed E-state index contributed by atoms with van der Waals surface area (Å²) in [6.45, 7) is 7.02. The number of carbonyl (C=O) groups excluding carboxylic acids is 2. The summed E-state index contributed by atoms with van der Waals surface area (Å²) in [6.07, 6.45) is 0.626. The van der Waals surface area contributed by atoms with E-state index in [0.29, 0.717) is 16.5 Å². The molecule has 0 spiro atoms. The second-order valence-electron chi connectivity index (χ2n) is 4.88. The Morgan fingerprint density at radius 1 is 1.06 bits per heavy atom. The van der Waals surface area contributed by atoms with Gasteiger partial charge in [-0.25, -0.2) is 10.1 Å². The standard InChI is InChI=1S/C11H20N2O4/c1-5-7(4)9-11(15)12(16)8(6(2)3)10(14)13(9)17/h6-9,16-17H,5H2,1-4H3/t7-,8+,9+/m1/s1. The predicted molar refractivity (Wildman–Crippen MR) is 59.1 cm³/mol. The van der Waals surface area contributed by atoms with Crippen molar-refractivity contribution in [3.05, 3.63) is 0 Å². The highest BCUT2D eigenvalue weighted by atomic mass is 16.5. The molecule has 0 aliphatic carbocycles. The number of rotatable bonds is 3. The van der Waals surface area contributed by atoms with Crippen LogP contribution in [0.4, 0.5) is 0 Å². The van der Waals surface area contributed by atoms with Crippen LogP contribution >= 0.6 is 0 Å². The molecule has 17 heavy (non-hydrogen) atoms. The molecular formula is C11H20N2O4. The lowest BCUT2D eigenvalue weighted by Crippen LogP contribution is -2.65. The molecule has 0 aromatic carbocycles. The number of nitrogens with zero attached hydrogens (tertiary/aromatic N) is 2. The molecule has 1 heterocycles. The lowest BCUT2D eigenvalue weighted by atomic mass is 9.92. The Labute approximate surface area is 101 Å². The van der Waals surface area contributed by atoms with Crippen molar-refractivity contribution in [3.63, 3.8) is 0 Å². The van der Waals surface area contributed by atoms with E-state index in [1.165, 1.54) is 0 Å². The van der Waals surface area contributed by atoms with Crippen LogP contribution in [-0.4, -0.2) is 44.4 Å². The zero-order chi connectivity index (χ0) is 13.3. The van der Waals surface area contributed by atoms with Gasteiger partial charge in [-0.3, -0.25) is 20.0 Å². The van der Waals surface area contributed by atoms with E-state index < -0.39 is 23.9 Å². The van der Waals surface area contributed by atoms with E-state index in [4.69, 9.17) is 0 Å². The summed E-state index contributed by atoms with van der Waals surface area (Å²) in [5.41, 5.74) is 0. The molecule has 2 amide bonds. The second-order valence-corrected chi connectivity index (χ2v) is 4.88. The zero-order valence-electron chi connectivity index (χ0n) is 10.6. The van der Waals surface area contributed by atoms with Crippen LogP contribution in [0.2, 0.25) is 0 Å². The van der Waals surface area contributed by atoms with Gasteiger partial charge in [0.15, 0.2) is 0 Å². The van der Waals surface area contributed by atoms with Crippen LogP contribution in [-0.2, 0) is 9.59 Å². The molecule has 0 aromatic rings. The minimum atomic E-state index is -1.01. The number of amides is 2. The molecule has 6 heteroatoms. The fourth-order valence-electron chi connectivity index (χ4n) is 2.03. The van der Waals surface area contributed by atoms with Crippen molar-refractivity contribution in [1.82, 2.24) is 10.1 Å².